The van der Waals surface area contributed by atoms with Crippen molar-refractivity contribution in [3.05, 3.63) is 59.7 Å². The summed E-state index contributed by atoms with van der Waals surface area (Å²) < 4.78 is 11.2. The van der Waals surface area contributed by atoms with Gasteiger partial charge in [-0.15, -0.1) is 0 Å². The highest BCUT2D eigenvalue weighted by molar-refractivity contribution is 6.12. The number of carbonyl (C=O) groups is 3. The van der Waals surface area contributed by atoms with Gasteiger partial charge in [0.05, 0.1) is 18.7 Å². The summed E-state index contributed by atoms with van der Waals surface area (Å²) in [4.78, 5) is 39.7. The van der Waals surface area contributed by atoms with Gasteiger partial charge in [-0.05, 0) is 37.6 Å². The van der Waals surface area contributed by atoms with Crippen molar-refractivity contribution in [2.75, 3.05) is 13.2 Å². The molecule has 6 nitrogen and oxygen atoms in total. The van der Waals surface area contributed by atoms with E-state index in [2.05, 4.69) is 0 Å². The number of benzene rings is 2. The third-order valence-electron chi connectivity index (χ3n) is 4.49. The molecule has 2 aromatic carbocycles. The normalized spacial score (nSPS) is 16.2. The van der Waals surface area contributed by atoms with Gasteiger partial charge in [-0.25, -0.2) is 0 Å². The Kier molecular flexibility index (Phi) is 6.09. The zero-order valence-corrected chi connectivity index (χ0v) is 16.0. The fourth-order valence-electron chi connectivity index (χ4n) is 3.12. The van der Waals surface area contributed by atoms with Crippen LogP contribution in [0.1, 0.15) is 47.4 Å². The van der Waals surface area contributed by atoms with Gasteiger partial charge in [0.15, 0.2) is 11.9 Å². The van der Waals surface area contributed by atoms with Crippen molar-refractivity contribution in [1.82, 2.24) is 4.90 Å². The summed E-state index contributed by atoms with van der Waals surface area (Å²) in [5.74, 6) is -0.407. The number of fused-ring (bicyclic) bond motifs is 1. The molecule has 0 saturated heterocycles. The molecule has 28 heavy (non-hydrogen) atoms. The smallest absolute Gasteiger partial charge is 0.270 e. The number of hydrogen-bond donors (Lipinski definition) is 0. The number of ketones is 1. The highest BCUT2D eigenvalue weighted by atomic mass is 16.5. The summed E-state index contributed by atoms with van der Waals surface area (Å²) >= 11 is 0. The molecule has 0 N–H and O–H groups in total. The third-order valence-corrected chi connectivity index (χ3v) is 4.49. The van der Waals surface area contributed by atoms with Crippen LogP contribution in [-0.4, -0.2) is 41.8 Å². The largest absolute Gasteiger partial charge is 0.494 e. The van der Waals surface area contributed by atoms with Gasteiger partial charge in [-0.1, -0.05) is 37.6 Å². The van der Waals surface area contributed by atoms with Gasteiger partial charge in [0.2, 0.25) is 0 Å². The third kappa shape index (κ3) is 4.06. The molecule has 0 radical (unpaired) electrons. The Bertz CT molecular complexity index is 892. The van der Waals surface area contributed by atoms with E-state index in [1.807, 2.05) is 13.8 Å². The van der Waals surface area contributed by atoms with Crippen LogP contribution in [0.5, 0.6) is 11.5 Å². The fourth-order valence-corrected chi connectivity index (χ4v) is 3.12. The first-order valence-corrected chi connectivity index (χ1v) is 9.42. The number of nitrogens with zero attached hydrogens (tertiary/aromatic N) is 1. The standard InChI is InChI=1S/C22H23NO5/c1-3-8-20-22(26)23(21(25)17-11-5-6-12-19(17)28-20)14-18(24)15-9-7-10-16(13-15)27-4-2/h5-7,9-13,20H,3-4,8,14H2,1-2H3/t20-/m1/s1. The molecular formula is C22H23NO5. The molecule has 0 fully saturated rings. The van der Waals surface area contributed by atoms with E-state index in [1.165, 1.54) is 0 Å². The molecule has 0 spiro atoms. The summed E-state index contributed by atoms with van der Waals surface area (Å²) in [7, 11) is 0. The minimum Gasteiger partial charge on any atom is -0.494 e. The van der Waals surface area contributed by atoms with Gasteiger partial charge in [0.1, 0.15) is 11.5 Å². The Morgan fingerprint density at radius 3 is 2.64 bits per heavy atom. The number of Topliss-reactive ketones (excluding diaryl/α,β-unsaturated/α-hetero) is 1. The Labute approximate surface area is 164 Å². The first-order chi connectivity index (χ1) is 13.5. The molecule has 0 saturated carbocycles. The van der Waals surface area contributed by atoms with Gasteiger partial charge in [-0.3, -0.25) is 19.3 Å². The number of para-hydroxylation sites is 1. The van der Waals surface area contributed by atoms with E-state index in [0.29, 0.717) is 36.5 Å². The Morgan fingerprint density at radius 1 is 1.11 bits per heavy atom. The lowest BCUT2D eigenvalue weighted by atomic mass is 10.1. The predicted octanol–water partition coefficient (Wildman–Crippen LogP) is 3.50. The van der Waals surface area contributed by atoms with Gasteiger partial charge in [0, 0.05) is 5.56 Å². The molecule has 1 aliphatic rings. The van der Waals surface area contributed by atoms with Crippen LogP contribution in [0, 0.1) is 0 Å². The Morgan fingerprint density at radius 2 is 1.89 bits per heavy atom. The van der Waals surface area contributed by atoms with E-state index in [4.69, 9.17) is 9.47 Å². The summed E-state index contributed by atoms with van der Waals surface area (Å²) in [6, 6.07) is 13.5. The van der Waals surface area contributed by atoms with Gasteiger partial charge < -0.3 is 9.47 Å². The topological polar surface area (TPSA) is 72.9 Å². The molecule has 1 atom stereocenters. The maximum atomic E-state index is 13.0. The quantitative estimate of drug-likeness (QED) is 0.542. The average molecular weight is 381 g/mol. The molecule has 3 rings (SSSR count). The number of hydrogen-bond acceptors (Lipinski definition) is 5. The van der Waals surface area contributed by atoms with E-state index in [-0.39, 0.29) is 17.9 Å². The van der Waals surface area contributed by atoms with Crippen LogP contribution in [0.25, 0.3) is 0 Å². The number of imide groups is 1. The van der Waals surface area contributed by atoms with Crippen LogP contribution in [-0.2, 0) is 4.79 Å². The van der Waals surface area contributed by atoms with Crippen LogP contribution in [0.3, 0.4) is 0 Å². The van der Waals surface area contributed by atoms with Crippen molar-refractivity contribution >= 4 is 17.6 Å². The second-order valence-corrected chi connectivity index (χ2v) is 6.50. The highest BCUT2D eigenvalue weighted by Gasteiger charge is 2.37. The van der Waals surface area contributed by atoms with Gasteiger partial charge in [-0.2, -0.15) is 0 Å². The summed E-state index contributed by atoms with van der Waals surface area (Å²) in [6.45, 7) is 3.93. The van der Waals surface area contributed by atoms with Crippen molar-refractivity contribution in [1.29, 1.82) is 0 Å². The van der Waals surface area contributed by atoms with Crippen molar-refractivity contribution in [2.24, 2.45) is 0 Å². The van der Waals surface area contributed by atoms with E-state index in [9.17, 15) is 14.4 Å². The second kappa shape index (κ2) is 8.69. The highest BCUT2D eigenvalue weighted by Crippen LogP contribution is 2.27. The SMILES string of the molecule is CCC[C@H]1Oc2ccccc2C(=O)N(CC(=O)c2cccc(OCC)c2)C1=O. The van der Waals surface area contributed by atoms with Crippen LogP contribution < -0.4 is 9.47 Å². The van der Waals surface area contributed by atoms with Crippen molar-refractivity contribution in [2.45, 2.75) is 32.8 Å². The zero-order valence-electron chi connectivity index (χ0n) is 16.0. The Balaban J connectivity index is 1.90. The first kappa shape index (κ1) is 19.6. The molecule has 2 aromatic rings. The Hall–Kier alpha value is -3.15. The van der Waals surface area contributed by atoms with E-state index >= 15 is 0 Å². The number of rotatable bonds is 7. The summed E-state index contributed by atoms with van der Waals surface area (Å²) in [6.07, 6.45) is 0.385. The molecule has 0 aliphatic carbocycles. The number of carbonyl (C=O) groups excluding carboxylic acids is 3. The number of ether oxygens (including phenoxy) is 2. The van der Waals surface area contributed by atoms with E-state index in [1.54, 1.807) is 48.5 Å². The maximum Gasteiger partial charge on any atom is 0.270 e. The van der Waals surface area contributed by atoms with E-state index in [0.717, 1.165) is 4.90 Å². The lowest BCUT2D eigenvalue weighted by Gasteiger charge is -2.21. The molecule has 146 valence electrons. The van der Waals surface area contributed by atoms with Crippen molar-refractivity contribution in [3.8, 4) is 11.5 Å². The number of amides is 2. The van der Waals surface area contributed by atoms with Crippen LogP contribution in [0.2, 0.25) is 0 Å². The minimum absolute atomic E-state index is 0.283. The lowest BCUT2D eigenvalue weighted by molar-refractivity contribution is -0.135. The van der Waals surface area contributed by atoms with Crippen molar-refractivity contribution < 1.29 is 23.9 Å². The monoisotopic (exact) mass is 381 g/mol. The van der Waals surface area contributed by atoms with Gasteiger partial charge in [0.25, 0.3) is 11.8 Å². The van der Waals surface area contributed by atoms with Crippen LogP contribution in [0.4, 0.5) is 0 Å². The second-order valence-electron chi connectivity index (χ2n) is 6.50. The van der Waals surface area contributed by atoms with Crippen LogP contribution in [0.15, 0.2) is 48.5 Å². The molecule has 6 heteroatoms. The maximum absolute atomic E-state index is 13.0. The fraction of sp³-hybridized carbons (Fsp3) is 0.318. The molecule has 0 aromatic heterocycles. The molecule has 2 amide bonds. The van der Waals surface area contributed by atoms with Crippen LogP contribution >= 0.6 is 0 Å². The van der Waals surface area contributed by atoms with Gasteiger partial charge >= 0.3 is 0 Å². The average Bonchev–Trinajstić information content (AvgIpc) is 2.80. The van der Waals surface area contributed by atoms with Crippen molar-refractivity contribution in [3.63, 3.8) is 0 Å². The first-order valence-electron chi connectivity index (χ1n) is 9.42. The predicted molar refractivity (Wildman–Crippen MR) is 104 cm³/mol. The summed E-state index contributed by atoms with van der Waals surface area (Å²) in [5, 5.41) is 0. The zero-order chi connectivity index (χ0) is 20.1. The molecule has 0 unspecified atom stereocenters. The summed E-state index contributed by atoms with van der Waals surface area (Å²) in [5.41, 5.74) is 0.669. The lowest BCUT2D eigenvalue weighted by Crippen LogP contribution is -2.45. The van der Waals surface area contributed by atoms with E-state index < -0.39 is 17.9 Å². The minimum atomic E-state index is -0.792. The molecule has 1 heterocycles. The molecule has 0 bridgehead atoms. The molecular weight excluding hydrogens is 358 g/mol. The molecule has 1 aliphatic heterocycles.